The zero-order valence-corrected chi connectivity index (χ0v) is 9.11. The summed E-state index contributed by atoms with van der Waals surface area (Å²) in [6, 6.07) is 4.70. The van der Waals surface area contributed by atoms with Gasteiger partial charge in [0.15, 0.2) is 12.1 Å². The van der Waals surface area contributed by atoms with E-state index in [9.17, 15) is 9.59 Å². The number of carbonyl (C=O) groups excluding carboxylic acids is 2. The van der Waals surface area contributed by atoms with E-state index < -0.39 is 0 Å². The lowest BCUT2D eigenvalue weighted by atomic mass is 10.0. The molecule has 0 unspecified atom stereocenters. The number of nitriles is 1. The predicted molar refractivity (Wildman–Crippen MR) is 57.7 cm³/mol. The molecule has 0 heterocycles. The molecule has 0 aromatic heterocycles. The van der Waals surface area contributed by atoms with Crippen molar-refractivity contribution in [2.75, 3.05) is 6.61 Å². The lowest BCUT2D eigenvalue weighted by Crippen LogP contribution is -2.03. The predicted octanol–water partition coefficient (Wildman–Crippen LogP) is 1.97. The molecule has 1 aromatic carbocycles. The lowest BCUT2D eigenvalue weighted by Gasteiger charge is -2.09. The van der Waals surface area contributed by atoms with Crippen LogP contribution in [0.2, 0.25) is 0 Å². The highest BCUT2D eigenvalue weighted by molar-refractivity contribution is 5.99. The molecular formula is C12H11NO3. The molecule has 0 fully saturated rings. The van der Waals surface area contributed by atoms with Gasteiger partial charge in [0.2, 0.25) is 0 Å². The summed E-state index contributed by atoms with van der Waals surface area (Å²) in [4.78, 5) is 22.1. The van der Waals surface area contributed by atoms with Gasteiger partial charge in [-0.25, -0.2) is 0 Å². The second-order valence-corrected chi connectivity index (χ2v) is 3.15. The Balaban J connectivity index is 3.42. The van der Waals surface area contributed by atoms with Crippen molar-refractivity contribution in [3.63, 3.8) is 0 Å². The number of ether oxygens (including phenoxy) is 1. The Labute approximate surface area is 93.5 Å². The third-order valence-corrected chi connectivity index (χ3v) is 2.08. The number of aldehydes is 1. The summed E-state index contributed by atoms with van der Waals surface area (Å²) in [5.41, 5.74) is 0.738. The highest BCUT2D eigenvalue weighted by atomic mass is 16.5. The number of rotatable bonds is 4. The Morgan fingerprint density at radius 3 is 2.69 bits per heavy atom. The van der Waals surface area contributed by atoms with Gasteiger partial charge < -0.3 is 4.74 Å². The van der Waals surface area contributed by atoms with Crippen LogP contribution in [-0.4, -0.2) is 18.7 Å². The Kier molecular flexibility index (Phi) is 3.78. The topological polar surface area (TPSA) is 67.2 Å². The fourth-order valence-corrected chi connectivity index (χ4v) is 1.34. The molecular weight excluding hydrogens is 206 g/mol. The minimum absolute atomic E-state index is 0.198. The molecule has 1 aromatic rings. The summed E-state index contributed by atoms with van der Waals surface area (Å²) >= 11 is 0. The number of hydrogen-bond donors (Lipinski definition) is 0. The fourth-order valence-electron chi connectivity index (χ4n) is 1.34. The second-order valence-electron chi connectivity index (χ2n) is 3.15. The first-order valence-electron chi connectivity index (χ1n) is 4.81. The van der Waals surface area contributed by atoms with E-state index in [0.29, 0.717) is 24.2 Å². The molecule has 16 heavy (non-hydrogen) atoms. The molecule has 0 amide bonds. The van der Waals surface area contributed by atoms with E-state index in [1.807, 2.05) is 6.07 Å². The molecule has 0 saturated carbocycles. The van der Waals surface area contributed by atoms with E-state index in [2.05, 4.69) is 0 Å². The normalized spacial score (nSPS) is 9.31. The summed E-state index contributed by atoms with van der Waals surface area (Å²) in [6.07, 6.45) is 0.556. The Morgan fingerprint density at radius 1 is 1.56 bits per heavy atom. The Bertz CT molecular complexity index is 472. The van der Waals surface area contributed by atoms with Gasteiger partial charge in [-0.2, -0.15) is 5.26 Å². The van der Waals surface area contributed by atoms with Crippen LogP contribution >= 0.6 is 0 Å². The van der Waals surface area contributed by atoms with E-state index in [0.717, 1.165) is 0 Å². The van der Waals surface area contributed by atoms with Gasteiger partial charge in [-0.1, -0.05) is 0 Å². The first kappa shape index (κ1) is 11.9. The number of carbonyl (C=O) groups is 2. The number of Topliss-reactive ketones (excluding diaryl/α,β-unsaturated/α-hetero) is 1. The largest absolute Gasteiger partial charge is 0.493 e. The maximum absolute atomic E-state index is 11.3. The highest BCUT2D eigenvalue weighted by Crippen LogP contribution is 2.23. The van der Waals surface area contributed by atoms with Crippen molar-refractivity contribution in [1.29, 1.82) is 5.26 Å². The Hall–Kier alpha value is -2.15. The van der Waals surface area contributed by atoms with Crippen LogP contribution < -0.4 is 4.74 Å². The Morgan fingerprint density at radius 2 is 2.25 bits per heavy atom. The molecule has 82 valence electrons. The molecule has 4 heteroatoms. The summed E-state index contributed by atoms with van der Waals surface area (Å²) in [7, 11) is 0. The molecule has 4 nitrogen and oxygen atoms in total. The average molecular weight is 217 g/mol. The van der Waals surface area contributed by atoms with Crippen LogP contribution in [0.25, 0.3) is 0 Å². The van der Waals surface area contributed by atoms with Crippen LogP contribution in [0.1, 0.15) is 40.1 Å². The van der Waals surface area contributed by atoms with Crippen LogP contribution in [0, 0.1) is 11.3 Å². The maximum atomic E-state index is 11.3. The van der Waals surface area contributed by atoms with E-state index >= 15 is 0 Å². The zero-order chi connectivity index (χ0) is 12.1. The summed E-state index contributed by atoms with van der Waals surface area (Å²) in [6.45, 7) is 3.56. The first-order valence-corrected chi connectivity index (χ1v) is 4.81. The van der Waals surface area contributed by atoms with Crippen LogP contribution in [0.15, 0.2) is 12.1 Å². The van der Waals surface area contributed by atoms with Crippen molar-refractivity contribution in [3.8, 4) is 11.8 Å². The van der Waals surface area contributed by atoms with Gasteiger partial charge >= 0.3 is 0 Å². The molecule has 0 radical (unpaired) electrons. The van der Waals surface area contributed by atoms with Crippen molar-refractivity contribution in [1.82, 2.24) is 0 Å². The molecule has 0 atom stereocenters. The van der Waals surface area contributed by atoms with Gasteiger partial charge in [0.1, 0.15) is 11.8 Å². The SMILES string of the molecule is CCOc1cc(C#N)c(C=O)cc1C(C)=O. The summed E-state index contributed by atoms with van der Waals surface area (Å²) in [5, 5.41) is 8.82. The van der Waals surface area contributed by atoms with Gasteiger partial charge in [-0.3, -0.25) is 9.59 Å². The van der Waals surface area contributed by atoms with E-state index in [1.54, 1.807) is 6.92 Å². The van der Waals surface area contributed by atoms with Crippen molar-refractivity contribution in [2.24, 2.45) is 0 Å². The monoisotopic (exact) mass is 217 g/mol. The third-order valence-electron chi connectivity index (χ3n) is 2.08. The quantitative estimate of drug-likeness (QED) is 0.571. The third kappa shape index (κ3) is 2.26. The molecule has 0 bridgehead atoms. The average Bonchev–Trinajstić information content (AvgIpc) is 2.28. The van der Waals surface area contributed by atoms with E-state index in [1.165, 1.54) is 19.1 Å². The van der Waals surface area contributed by atoms with Gasteiger partial charge in [0, 0.05) is 5.56 Å². The molecule has 0 aliphatic carbocycles. The molecule has 0 aliphatic heterocycles. The van der Waals surface area contributed by atoms with Gasteiger partial charge in [0.05, 0.1) is 17.7 Å². The molecule has 0 N–H and O–H groups in total. The lowest BCUT2D eigenvalue weighted by molar-refractivity contribution is 0.101. The molecule has 0 spiro atoms. The van der Waals surface area contributed by atoms with Crippen LogP contribution in [0.5, 0.6) is 5.75 Å². The van der Waals surface area contributed by atoms with Crippen molar-refractivity contribution in [2.45, 2.75) is 13.8 Å². The number of nitrogens with zero attached hydrogens (tertiary/aromatic N) is 1. The maximum Gasteiger partial charge on any atom is 0.163 e. The van der Waals surface area contributed by atoms with E-state index in [4.69, 9.17) is 10.00 Å². The smallest absolute Gasteiger partial charge is 0.163 e. The van der Waals surface area contributed by atoms with Gasteiger partial charge in [-0.15, -0.1) is 0 Å². The summed E-state index contributed by atoms with van der Waals surface area (Å²) < 4.78 is 5.25. The van der Waals surface area contributed by atoms with Crippen LogP contribution in [0.3, 0.4) is 0 Å². The highest BCUT2D eigenvalue weighted by Gasteiger charge is 2.13. The van der Waals surface area contributed by atoms with Crippen molar-refractivity contribution in [3.05, 3.63) is 28.8 Å². The van der Waals surface area contributed by atoms with E-state index in [-0.39, 0.29) is 16.9 Å². The summed E-state index contributed by atoms with van der Waals surface area (Å²) in [5.74, 6) is 0.146. The van der Waals surface area contributed by atoms with Crippen molar-refractivity contribution >= 4 is 12.1 Å². The van der Waals surface area contributed by atoms with Gasteiger partial charge in [0.25, 0.3) is 0 Å². The minimum atomic E-state index is -0.198. The number of hydrogen-bond acceptors (Lipinski definition) is 4. The zero-order valence-electron chi connectivity index (χ0n) is 9.11. The van der Waals surface area contributed by atoms with Crippen LogP contribution in [0.4, 0.5) is 0 Å². The standard InChI is InChI=1S/C12H11NO3/c1-3-16-12-5-9(6-13)10(7-14)4-11(12)8(2)15/h4-5,7H,3H2,1-2H3. The fraction of sp³-hybridized carbons (Fsp3) is 0.250. The minimum Gasteiger partial charge on any atom is -0.493 e. The first-order chi connectivity index (χ1) is 7.63. The molecule has 0 saturated heterocycles. The molecule has 1 rings (SSSR count). The number of ketones is 1. The second kappa shape index (κ2) is 5.08. The van der Waals surface area contributed by atoms with Crippen LogP contribution in [-0.2, 0) is 0 Å². The molecule has 0 aliphatic rings. The van der Waals surface area contributed by atoms with Gasteiger partial charge in [-0.05, 0) is 26.0 Å². The van der Waals surface area contributed by atoms with Crippen molar-refractivity contribution < 1.29 is 14.3 Å². The number of benzene rings is 1.